The fourth-order valence-electron chi connectivity index (χ4n) is 2.30. The van der Waals surface area contributed by atoms with E-state index in [4.69, 9.17) is 10.5 Å². The molecule has 0 aliphatic carbocycles. The van der Waals surface area contributed by atoms with E-state index >= 15 is 0 Å². The summed E-state index contributed by atoms with van der Waals surface area (Å²) in [7, 11) is 0. The minimum absolute atomic E-state index is 0.441. The van der Waals surface area contributed by atoms with Crippen molar-refractivity contribution in [2.75, 3.05) is 5.73 Å². The molecule has 0 radical (unpaired) electrons. The molecule has 0 saturated heterocycles. The molecule has 0 bridgehead atoms. The lowest BCUT2D eigenvalue weighted by Gasteiger charge is -2.05. The van der Waals surface area contributed by atoms with Crippen molar-refractivity contribution in [1.82, 2.24) is 9.78 Å². The Kier molecular flexibility index (Phi) is 3.29. The van der Waals surface area contributed by atoms with Crippen LogP contribution in [-0.2, 0) is 13.2 Å². The van der Waals surface area contributed by atoms with Crippen molar-refractivity contribution in [3.05, 3.63) is 54.2 Å². The predicted molar refractivity (Wildman–Crippen MR) is 80.6 cm³/mol. The Morgan fingerprint density at radius 2 is 2.00 bits per heavy atom. The molecule has 0 atom stereocenters. The maximum absolute atomic E-state index is 5.78. The summed E-state index contributed by atoms with van der Waals surface area (Å²) in [5.41, 5.74) is 8.53. The quantitative estimate of drug-likeness (QED) is 0.738. The van der Waals surface area contributed by atoms with Crippen LogP contribution in [0.4, 0.5) is 5.69 Å². The number of hydrogen-bond acceptors (Lipinski definition) is 3. The lowest BCUT2D eigenvalue weighted by molar-refractivity contribution is 0.301. The fraction of sp³-hybridized carbons (Fsp3) is 0.188. The van der Waals surface area contributed by atoms with Crippen LogP contribution in [0.2, 0.25) is 0 Å². The van der Waals surface area contributed by atoms with E-state index < -0.39 is 0 Å². The third-order valence-electron chi connectivity index (χ3n) is 3.27. The van der Waals surface area contributed by atoms with Crippen molar-refractivity contribution in [2.24, 2.45) is 0 Å². The van der Waals surface area contributed by atoms with Crippen molar-refractivity contribution in [3.8, 4) is 5.75 Å². The van der Waals surface area contributed by atoms with Crippen molar-refractivity contribution in [1.29, 1.82) is 0 Å². The number of aryl methyl sites for hydroxylation is 1. The van der Waals surface area contributed by atoms with Crippen LogP contribution in [0.3, 0.4) is 0 Å². The minimum Gasteiger partial charge on any atom is -0.487 e. The van der Waals surface area contributed by atoms with Crippen LogP contribution in [0.15, 0.2) is 48.5 Å². The van der Waals surface area contributed by atoms with E-state index in [0.29, 0.717) is 12.3 Å². The van der Waals surface area contributed by atoms with E-state index in [-0.39, 0.29) is 0 Å². The number of anilines is 1. The first-order valence-electron chi connectivity index (χ1n) is 6.70. The molecule has 3 aromatic rings. The van der Waals surface area contributed by atoms with Gasteiger partial charge in [-0.2, -0.15) is 5.10 Å². The number of nitrogens with zero attached hydrogens (tertiary/aromatic N) is 2. The summed E-state index contributed by atoms with van der Waals surface area (Å²) in [6, 6.07) is 15.6. The normalized spacial score (nSPS) is 10.8. The minimum atomic E-state index is 0.441. The number of aromatic nitrogens is 2. The molecule has 0 aliphatic heterocycles. The summed E-state index contributed by atoms with van der Waals surface area (Å²) in [6.07, 6.45) is 0. The van der Waals surface area contributed by atoms with Gasteiger partial charge in [0, 0.05) is 23.7 Å². The molecule has 4 nitrogen and oxygen atoms in total. The molecule has 3 rings (SSSR count). The van der Waals surface area contributed by atoms with Gasteiger partial charge in [0.05, 0.1) is 5.52 Å². The van der Waals surface area contributed by atoms with Crippen LogP contribution in [0.5, 0.6) is 5.75 Å². The maximum Gasteiger partial charge on any atom is 0.133 e. The van der Waals surface area contributed by atoms with Crippen LogP contribution in [0, 0.1) is 0 Å². The number of fused-ring (bicyclic) bond motifs is 1. The van der Waals surface area contributed by atoms with Crippen molar-refractivity contribution < 1.29 is 4.74 Å². The summed E-state index contributed by atoms with van der Waals surface area (Å²) in [5.74, 6) is 0.764. The van der Waals surface area contributed by atoms with Crippen LogP contribution in [0.1, 0.15) is 12.6 Å². The summed E-state index contributed by atoms with van der Waals surface area (Å²) in [6.45, 7) is 3.37. The Morgan fingerprint density at radius 3 is 2.80 bits per heavy atom. The molecule has 2 aromatic carbocycles. The highest BCUT2D eigenvalue weighted by molar-refractivity contribution is 5.81. The molecule has 20 heavy (non-hydrogen) atoms. The fourth-order valence-corrected chi connectivity index (χ4v) is 2.30. The number of nitrogen functional groups attached to an aromatic ring is 1. The predicted octanol–water partition coefficient (Wildman–Crippen LogP) is 3.22. The molecular weight excluding hydrogens is 250 g/mol. The Morgan fingerprint density at radius 1 is 1.15 bits per heavy atom. The van der Waals surface area contributed by atoms with Crippen molar-refractivity contribution in [3.63, 3.8) is 0 Å². The Labute approximate surface area is 117 Å². The van der Waals surface area contributed by atoms with E-state index in [1.54, 1.807) is 0 Å². The second kappa shape index (κ2) is 5.25. The average Bonchev–Trinajstić information content (AvgIpc) is 2.83. The molecule has 0 amide bonds. The van der Waals surface area contributed by atoms with Gasteiger partial charge in [0.25, 0.3) is 0 Å². The van der Waals surface area contributed by atoms with Gasteiger partial charge in [-0.15, -0.1) is 0 Å². The molecule has 1 aromatic heterocycles. The number of para-hydroxylation sites is 1. The largest absolute Gasteiger partial charge is 0.487 e. The van der Waals surface area contributed by atoms with E-state index in [1.165, 1.54) is 0 Å². The van der Waals surface area contributed by atoms with E-state index in [0.717, 1.165) is 28.9 Å². The third kappa shape index (κ3) is 2.32. The lowest BCUT2D eigenvalue weighted by atomic mass is 10.2. The second-order valence-corrected chi connectivity index (χ2v) is 4.64. The van der Waals surface area contributed by atoms with Crippen LogP contribution >= 0.6 is 0 Å². The highest BCUT2D eigenvalue weighted by Gasteiger charge is 2.09. The highest BCUT2D eigenvalue weighted by atomic mass is 16.5. The maximum atomic E-state index is 5.78. The Bertz CT molecular complexity index is 733. The molecule has 4 heteroatoms. The summed E-state index contributed by atoms with van der Waals surface area (Å²) in [5, 5.41) is 5.74. The first-order chi connectivity index (χ1) is 9.78. The number of ether oxygens (including phenoxy) is 1. The summed E-state index contributed by atoms with van der Waals surface area (Å²) in [4.78, 5) is 0. The van der Waals surface area contributed by atoms with E-state index in [9.17, 15) is 0 Å². The van der Waals surface area contributed by atoms with Gasteiger partial charge in [-0.3, -0.25) is 4.68 Å². The van der Waals surface area contributed by atoms with Crippen molar-refractivity contribution >= 4 is 16.6 Å². The Hall–Kier alpha value is -2.49. The zero-order valence-corrected chi connectivity index (χ0v) is 11.4. The van der Waals surface area contributed by atoms with Gasteiger partial charge in [-0.05, 0) is 25.1 Å². The van der Waals surface area contributed by atoms with Gasteiger partial charge in [-0.1, -0.05) is 24.3 Å². The first kappa shape index (κ1) is 12.5. The molecule has 0 saturated carbocycles. The highest BCUT2D eigenvalue weighted by Crippen LogP contribution is 2.21. The zero-order chi connectivity index (χ0) is 13.9. The second-order valence-electron chi connectivity index (χ2n) is 4.64. The summed E-state index contributed by atoms with van der Waals surface area (Å²) >= 11 is 0. The SMILES string of the molecule is CCn1nc(COc2cccc(N)c2)c2ccccc21. The molecule has 1 heterocycles. The first-order valence-corrected chi connectivity index (χ1v) is 6.70. The van der Waals surface area contributed by atoms with Crippen LogP contribution in [-0.4, -0.2) is 9.78 Å². The van der Waals surface area contributed by atoms with Gasteiger partial charge < -0.3 is 10.5 Å². The van der Waals surface area contributed by atoms with E-state index in [2.05, 4.69) is 24.2 Å². The monoisotopic (exact) mass is 267 g/mol. The van der Waals surface area contributed by atoms with Gasteiger partial charge in [0.1, 0.15) is 18.1 Å². The molecule has 0 spiro atoms. The van der Waals surface area contributed by atoms with Crippen LogP contribution < -0.4 is 10.5 Å². The number of rotatable bonds is 4. The third-order valence-corrected chi connectivity index (χ3v) is 3.27. The number of benzene rings is 2. The van der Waals surface area contributed by atoms with Gasteiger partial charge in [-0.25, -0.2) is 0 Å². The topological polar surface area (TPSA) is 53.1 Å². The molecule has 0 aliphatic rings. The van der Waals surface area contributed by atoms with Crippen LogP contribution in [0.25, 0.3) is 10.9 Å². The van der Waals surface area contributed by atoms with Gasteiger partial charge in [0.2, 0.25) is 0 Å². The van der Waals surface area contributed by atoms with E-state index in [1.807, 2.05) is 41.1 Å². The summed E-state index contributed by atoms with van der Waals surface area (Å²) < 4.78 is 7.78. The molecule has 0 fully saturated rings. The molecule has 0 unspecified atom stereocenters. The molecular formula is C16H17N3O. The Balaban J connectivity index is 1.88. The molecule has 2 N–H and O–H groups in total. The van der Waals surface area contributed by atoms with Crippen molar-refractivity contribution in [2.45, 2.75) is 20.1 Å². The van der Waals surface area contributed by atoms with Gasteiger partial charge >= 0.3 is 0 Å². The number of nitrogens with two attached hydrogens (primary N) is 1. The smallest absolute Gasteiger partial charge is 0.133 e. The van der Waals surface area contributed by atoms with Gasteiger partial charge in [0.15, 0.2) is 0 Å². The lowest BCUT2D eigenvalue weighted by Crippen LogP contribution is -2.00. The average molecular weight is 267 g/mol. The molecule has 102 valence electrons. The zero-order valence-electron chi connectivity index (χ0n) is 11.4. The standard InChI is InChI=1S/C16H17N3O/c1-2-19-16-9-4-3-8-14(16)15(18-19)11-20-13-7-5-6-12(17)10-13/h3-10H,2,11,17H2,1H3. The number of hydrogen-bond donors (Lipinski definition) is 1.